The summed E-state index contributed by atoms with van der Waals surface area (Å²) < 4.78 is 3.47. The van der Waals surface area contributed by atoms with Gasteiger partial charge in [-0.05, 0) is 54.8 Å². The molecule has 0 amide bonds. The zero-order chi connectivity index (χ0) is 15.5. The fourth-order valence-electron chi connectivity index (χ4n) is 3.13. The molecule has 0 radical (unpaired) electrons. The molecule has 2 heterocycles. The van der Waals surface area contributed by atoms with Crippen molar-refractivity contribution in [3.8, 4) is 0 Å². The molecule has 0 spiro atoms. The number of hydrogen-bond donors (Lipinski definition) is 0. The Morgan fingerprint density at radius 3 is 2.55 bits per heavy atom. The van der Waals surface area contributed by atoms with Crippen LogP contribution in [0, 0.1) is 0 Å². The summed E-state index contributed by atoms with van der Waals surface area (Å²) in [4.78, 5) is 12.6. The molecule has 4 nitrogen and oxygen atoms in total. The molecule has 22 heavy (non-hydrogen) atoms. The number of halogens is 1. The maximum absolute atomic E-state index is 11.3. The topological polar surface area (TPSA) is 47.8 Å². The molecule has 2 aromatic heterocycles. The highest BCUT2D eigenvalue weighted by molar-refractivity contribution is 9.11. The van der Waals surface area contributed by atoms with E-state index in [2.05, 4.69) is 56.7 Å². The molecule has 0 N–H and O–H groups in total. The van der Waals surface area contributed by atoms with Crippen LogP contribution in [0.2, 0.25) is 0 Å². The predicted molar refractivity (Wildman–Crippen MR) is 89.4 cm³/mol. The van der Waals surface area contributed by atoms with E-state index in [4.69, 9.17) is 0 Å². The lowest BCUT2D eigenvalue weighted by molar-refractivity contribution is -0.124. The summed E-state index contributed by atoms with van der Waals surface area (Å²) in [7, 11) is 0. The third-order valence-corrected chi connectivity index (χ3v) is 6.64. The SMILES string of the molecule is CC(C)(c1ccc(Br)s1)c1nnc(C2CC(=O)C2)n1C1CC1. The van der Waals surface area contributed by atoms with Gasteiger partial charge in [0, 0.05) is 29.7 Å². The van der Waals surface area contributed by atoms with Gasteiger partial charge in [0.05, 0.1) is 9.20 Å². The van der Waals surface area contributed by atoms with Crippen LogP contribution in [-0.4, -0.2) is 20.5 Å². The van der Waals surface area contributed by atoms with Crippen LogP contribution in [0.15, 0.2) is 15.9 Å². The van der Waals surface area contributed by atoms with E-state index >= 15 is 0 Å². The van der Waals surface area contributed by atoms with Crippen LogP contribution in [0.25, 0.3) is 0 Å². The van der Waals surface area contributed by atoms with Gasteiger partial charge in [0.25, 0.3) is 0 Å². The molecule has 4 rings (SSSR count). The second-order valence-corrected chi connectivity index (χ2v) is 9.32. The van der Waals surface area contributed by atoms with E-state index < -0.39 is 0 Å². The maximum Gasteiger partial charge on any atom is 0.144 e. The van der Waals surface area contributed by atoms with E-state index in [0.717, 1.165) is 15.4 Å². The molecule has 6 heteroatoms. The maximum atomic E-state index is 11.3. The van der Waals surface area contributed by atoms with Crippen LogP contribution in [0.5, 0.6) is 0 Å². The molecule has 2 fully saturated rings. The van der Waals surface area contributed by atoms with Gasteiger partial charge in [-0.15, -0.1) is 21.5 Å². The number of thiophene rings is 1. The quantitative estimate of drug-likeness (QED) is 0.798. The van der Waals surface area contributed by atoms with Crippen molar-refractivity contribution in [1.29, 1.82) is 0 Å². The Hall–Kier alpha value is -1.01. The van der Waals surface area contributed by atoms with Crippen LogP contribution < -0.4 is 0 Å². The fourth-order valence-corrected chi connectivity index (χ4v) is 4.62. The van der Waals surface area contributed by atoms with E-state index in [-0.39, 0.29) is 11.3 Å². The molecule has 2 saturated carbocycles. The summed E-state index contributed by atoms with van der Waals surface area (Å²) in [6.07, 6.45) is 3.66. The van der Waals surface area contributed by atoms with Crippen molar-refractivity contribution in [2.75, 3.05) is 0 Å². The van der Waals surface area contributed by atoms with Gasteiger partial charge >= 0.3 is 0 Å². The Labute approximate surface area is 142 Å². The average molecular weight is 380 g/mol. The lowest BCUT2D eigenvalue weighted by Gasteiger charge is -2.27. The van der Waals surface area contributed by atoms with Crippen molar-refractivity contribution in [3.63, 3.8) is 0 Å². The molecule has 0 aliphatic heterocycles. The van der Waals surface area contributed by atoms with Gasteiger partial charge in [0.2, 0.25) is 0 Å². The largest absolute Gasteiger partial charge is 0.311 e. The second kappa shape index (κ2) is 4.99. The Morgan fingerprint density at radius 2 is 2.00 bits per heavy atom. The van der Waals surface area contributed by atoms with Crippen molar-refractivity contribution < 1.29 is 4.79 Å². The number of rotatable bonds is 4. The third-order valence-electron chi connectivity index (χ3n) is 4.70. The number of carbonyl (C=O) groups is 1. The van der Waals surface area contributed by atoms with Crippen molar-refractivity contribution in [1.82, 2.24) is 14.8 Å². The van der Waals surface area contributed by atoms with Crippen molar-refractivity contribution in [2.24, 2.45) is 0 Å². The minimum absolute atomic E-state index is 0.168. The Bertz CT molecular complexity index is 736. The molecule has 0 aromatic carbocycles. The van der Waals surface area contributed by atoms with E-state index in [1.807, 2.05) is 0 Å². The normalized spacial score (nSPS) is 19.5. The summed E-state index contributed by atoms with van der Waals surface area (Å²) in [6.45, 7) is 4.42. The van der Waals surface area contributed by atoms with Crippen molar-refractivity contribution in [3.05, 3.63) is 32.4 Å². The van der Waals surface area contributed by atoms with Crippen molar-refractivity contribution in [2.45, 2.75) is 56.9 Å². The molecule has 2 aromatic rings. The van der Waals surface area contributed by atoms with Gasteiger partial charge in [-0.25, -0.2) is 0 Å². The zero-order valence-corrected chi connectivity index (χ0v) is 15.1. The van der Waals surface area contributed by atoms with Crippen LogP contribution in [0.1, 0.15) is 68.0 Å². The lowest BCUT2D eigenvalue weighted by atomic mass is 9.83. The van der Waals surface area contributed by atoms with Crippen molar-refractivity contribution >= 4 is 33.0 Å². The molecule has 2 aliphatic carbocycles. The highest BCUT2D eigenvalue weighted by atomic mass is 79.9. The monoisotopic (exact) mass is 379 g/mol. The third kappa shape index (κ3) is 2.27. The molecular weight excluding hydrogens is 362 g/mol. The summed E-state index contributed by atoms with van der Waals surface area (Å²) >= 11 is 5.30. The van der Waals surface area contributed by atoms with Gasteiger partial charge in [-0.1, -0.05) is 0 Å². The van der Waals surface area contributed by atoms with Crippen LogP contribution in [0.4, 0.5) is 0 Å². The summed E-state index contributed by atoms with van der Waals surface area (Å²) in [5.41, 5.74) is -0.168. The van der Waals surface area contributed by atoms with Crippen LogP contribution in [0.3, 0.4) is 0 Å². The number of nitrogens with zero attached hydrogens (tertiary/aromatic N) is 3. The van der Waals surface area contributed by atoms with E-state index in [1.165, 1.54) is 17.7 Å². The summed E-state index contributed by atoms with van der Waals surface area (Å²) in [5.74, 6) is 2.69. The Balaban J connectivity index is 1.76. The lowest BCUT2D eigenvalue weighted by Crippen LogP contribution is -2.27. The first-order chi connectivity index (χ1) is 10.5. The van der Waals surface area contributed by atoms with Crippen LogP contribution in [-0.2, 0) is 10.2 Å². The molecule has 0 unspecified atom stereocenters. The average Bonchev–Trinajstić information content (AvgIpc) is 3.01. The summed E-state index contributed by atoms with van der Waals surface area (Å²) in [5, 5.41) is 9.04. The van der Waals surface area contributed by atoms with Gasteiger partial charge in [-0.2, -0.15) is 0 Å². The number of carbonyl (C=O) groups excluding carboxylic acids is 1. The molecule has 0 atom stereocenters. The summed E-state index contributed by atoms with van der Waals surface area (Å²) in [6, 6.07) is 4.77. The minimum atomic E-state index is -0.168. The molecule has 0 bridgehead atoms. The van der Waals surface area contributed by atoms with E-state index in [0.29, 0.717) is 24.7 Å². The highest BCUT2D eigenvalue weighted by Crippen LogP contribution is 2.45. The first kappa shape index (κ1) is 14.6. The van der Waals surface area contributed by atoms with Gasteiger partial charge in [-0.3, -0.25) is 4.79 Å². The predicted octanol–water partition coefficient (Wildman–Crippen LogP) is 4.21. The Kier molecular flexibility index (Phi) is 3.31. The van der Waals surface area contributed by atoms with Gasteiger partial charge < -0.3 is 4.57 Å². The number of aromatic nitrogens is 3. The molecule has 0 saturated heterocycles. The second-order valence-electron chi connectivity index (χ2n) is 6.86. The molecular formula is C16H18BrN3OS. The fraction of sp³-hybridized carbons (Fsp3) is 0.562. The van der Waals surface area contributed by atoms with E-state index in [1.54, 1.807) is 11.3 Å². The number of ketones is 1. The smallest absolute Gasteiger partial charge is 0.144 e. The first-order valence-corrected chi connectivity index (χ1v) is 9.30. The standard InChI is InChI=1S/C16H18BrN3OS/c1-16(2,12-5-6-13(17)22-12)15-19-18-14(9-7-11(21)8-9)20(15)10-3-4-10/h5-6,9-10H,3-4,7-8H2,1-2H3. The Morgan fingerprint density at radius 1 is 1.27 bits per heavy atom. The van der Waals surface area contributed by atoms with Gasteiger partial charge in [0.1, 0.15) is 17.4 Å². The number of Topliss-reactive ketones (excluding diaryl/α,β-unsaturated/α-hetero) is 1. The van der Waals surface area contributed by atoms with E-state index in [9.17, 15) is 4.79 Å². The first-order valence-electron chi connectivity index (χ1n) is 7.69. The number of hydrogen-bond acceptors (Lipinski definition) is 4. The zero-order valence-electron chi connectivity index (χ0n) is 12.7. The van der Waals surface area contributed by atoms with Crippen LogP contribution >= 0.6 is 27.3 Å². The molecule has 116 valence electrons. The van der Waals surface area contributed by atoms with Gasteiger partial charge in [0.15, 0.2) is 0 Å². The molecule has 2 aliphatic rings. The highest BCUT2D eigenvalue weighted by Gasteiger charge is 2.41. The minimum Gasteiger partial charge on any atom is -0.311 e.